The van der Waals surface area contributed by atoms with Gasteiger partial charge in [-0.3, -0.25) is 0 Å². The van der Waals surface area contributed by atoms with E-state index in [0.29, 0.717) is 0 Å². The average molecular weight is 206 g/mol. The minimum atomic E-state index is 1.04. The fourth-order valence-corrected chi connectivity index (χ4v) is 1.77. The van der Waals surface area contributed by atoms with E-state index in [4.69, 9.17) is 0 Å². The normalized spacial score (nSPS) is 10.3. The van der Waals surface area contributed by atoms with Crippen molar-refractivity contribution >= 4 is 5.69 Å². The van der Waals surface area contributed by atoms with Crippen LogP contribution in [-0.2, 0) is 6.42 Å². The van der Waals surface area contributed by atoms with Gasteiger partial charge in [-0.05, 0) is 51.6 Å². The lowest BCUT2D eigenvalue weighted by atomic mass is 10.1. The standard InChI is InChI=1S/C13H22N2/c1-4-15(5-2)13-8-6-7-12(11-13)9-10-14-3/h6-8,11,14H,4-5,9-10H2,1-3H3. The van der Waals surface area contributed by atoms with Gasteiger partial charge in [0.15, 0.2) is 0 Å². The first-order valence-electron chi connectivity index (χ1n) is 5.80. The second kappa shape index (κ2) is 6.46. The van der Waals surface area contributed by atoms with E-state index in [1.165, 1.54) is 11.3 Å². The van der Waals surface area contributed by atoms with Gasteiger partial charge in [0.05, 0.1) is 0 Å². The summed E-state index contributed by atoms with van der Waals surface area (Å²) in [4.78, 5) is 2.38. The highest BCUT2D eigenvalue weighted by Crippen LogP contribution is 2.15. The maximum atomic E-state index is 3.18. The van der Waals surface area contributed by atoms with Crippen LogP contribution in [0.4, 0.5) is 5.69 Å². The van der Waals surface area contributed by atoms with Crippen LogP contribution in [-0.4, -0.2) is 26.7 Å². The van der Waals surface area contributed by atoms with Crippen molar-refractivity contribution in [3.8, 4) is 0 Å². The molecule has 0 aliphatic rings. The Labute approximate surface area is 93.3 Å². The van der Waals surface area contributed by atoms with E-state index in [1.54, 1.807) is 0 Å². The quantitative estimate of drug-likeness (QED) is 0.768. The van der Waals surface area contributed by atoms with Gasteiger partial charge in [0.25, 0.3) is 0 Å². The number of anilines is 1. The molecule has 2 heteroatoms. The Kier molecular flexibility index (Phi) is 5.19. The summed E-state index contributed by atoms with van der Waals surface area (Å²) in [5.74, 6) is 0. The largest absolute Gasteiger partial charge is 0.372 e. The number of nitrogens with one attached hydrogen (secondary N) is 1. The fourth-order valence-electron chi connectivity index (χ4n) is 1.77. The number of hydrogen-bond donors (Lipinski definition) is 1. The average Bonchev–Trinajstić information content (AvgIpc) is 2.29. The van der Waals surface area contributed by atoms with Crippen molar-refractivity contribution in [2.45, 2.75) is 20.3 Å². The summed E-state index contributed by atoms with van der Waals surface area (Å²) < 4.78 is 0. The Hall–Kier alpha value is -1.02. The first-order chi connectivity index (χ1) is 7.31. The van der Waals surface area contributed by atoms with Crippen molar-refractivity contribution in [3.05, 3.63) is 29.8 Å². The zero-order chi connectivity index (χ0) is 11.1. The third-order valence-corrected chi connectivity index (χ3v) is 2.70. The van der Waals surface area contributed by atoms with Crippen LogP contribution in [0.3, 0.4) is 0 Å². The molecule has 1 aromatic carbocycles. The van der Waals surface area contributed by atoms with E-state index in [0.717, 1.165) is 26.1 Å². The molecule has 84 valence electrons. The van der Waals surface area contributed by atoms with Gasteiger partial charge in [0.1, 0.15) is 0 Å². The molecule has 0 aromatic heterocycles. The minimum Gasteiger partial charge on any atom is -0.372 e. The summed E-state index contributed by atoms with van der Waals surface area (Å²) in [7, 11) is 1.99. The van der Waals surface area contributed by atoms with E-state index in [2.05, 4.69) is 48.3 Å². The van der Waals surface area contributed by atoms with E-state index in [1.807, 2.05) is 7.05 Å². The van der Waals surface area contributed by atoms with Gasteiger partial charge >= 0.3 is 0 Å². The molecule has 0 atom stereocenters. The van der Waals surface area contributed by atoms with Gasteiger partial charge in [-0.1, -0.05) is 12.1 Å². The van der Waals surface area contributed by atoms with Crippen LogP contribution in [0.2, 0.25) is 0 Å². The molecular formula is C13H22N2. The summed E-state index contributed by atoms with van der Waals surface area (Å²) in [6.45, 7) is 7.59. The SMILES string of the molecule is CCN(CC)c1cccc(CCNC)c1. The molecule has 0 heterocycles. The predicted molar refractivity (Wildman–Crippen MR) is 67.6 cm³/mol. The molecule has 0 aliphatic heterocycles. The second-order valence-corrected chi connectivity index (χ2v) is 3.70. The van der Waals surface area contributed by atoms with Gasteiger partial charge in [-0.2, -0.15) is 0 Å². The molecule has 15 heavy (non-hydrogen) atoms. The summed E-state index contributed by atoms with van der Waals surface area (Å²) in [5.41, 5.74) is 2.75. The van der Waals surface area contributed by atoms with Crippen molar-refractivity contribution in [3.63, 3.8) is 0 Å². The van der Waals surface area contributed by atoms with E-state index < -0.39 is 0 Å². The summed E-state index contributed by atoms with van der Waals surface area (Å²) in [5, 5.41) is 3.18. The second-order valence-electron chi connectivity index (χ2n) is 3.70. The van der Waals surface area contributed by atoms with Crippen molar-refractivity contribution in [2.75, 3.05) is 31.6 Å². The molecule has 1 rings (SSSR count). The van der Waals surface area contributed by atoms with Gasteiger partial charge in [0.2, 0.25) is 0 Å². The van der Waals surface area contributed by atoms with Gasteiger partial charge in [-0.25, -0.2) is 0 Å². The van der Waals surface area contributed by atoms with E-state index in [9.17, 15) is 0 Å². The molecule has 0 saturated carbocycles. The van der Waals surface area contributed by atoms with Crippen LogP contribution in [0, 0.1) is 0 Å². The van der Waals surface area contributed by atoms with Crippen LogP contribution < -0.4 is 10.2 Å². The maximum Gasteiger partial charge on any atom is 0.0368 e. The highest BCUT2D eigenvalue weighted by atomic mass is 15.1. The first-order valence-corrected chi connectivity index (χ1v) is 5.80. The minimum absolute atomic E-state index is 1.04. The number of benzene rings is 1. The Bertz CT molecular complexity index is 280. The molecular weight excluding hydrogens is 184 g/mol. The molecule has 0 fully saturated rings. The van der Waals surface area contributed by atoms with Crippen molar-refractivity contribution < 1.29 is 0 Å². The molecule has 1 aromatic rings. The van der Waals surface area contributed by atoms with Gasteiger partial charge < -0.3 is 10.2 Å². The molecule has 0 amide bonds. The summed E-state index contributed by atoms with van der Waals surface area (Å²) >= 11 is 0. The summed E-state index contributed by atoms with van der Waals surface area (Å²) in [6.07, 6.45) is 1.10. The lowest BCUT2D eigenvalue weighted by Crippen LogP contribution is -2.21. The maximum absolute atomic E-state index is 3.18. The fraction of sp³-hybridized carbons (Fsp3) is 0.538. The lowest BCUT2D eigenvalue weighted by Gasteiger charge is -2.21. The first kappa shape index (κ1) is 12.1. The number of hydrogen-bond acceptors (Lipinski definition) is 2. The molecule has 0 aliphatic carbocycles. The number of likely N-dealkylation sites (N-methyl/N-ethyl adjacent to an activating group) is 1. The number of rotatable bonds is 6. The zero-order valence-corrected chi connectivity index (χ0v) is 10.1. The zero-order valence-electron chi connectivity index (χ0n) is 10.1. The third kappa shape index (κ3) is 3.56. The molecule has 0 bridgehead atoms. The smallest absolute Gasteiger partial charge is 0.0368 e. The van der Waals surface area contributed by atoms with Crippen molar-refractivity contribution in [1.82, 2.24) is 5.32 Å². The van der Waals surface area contributed by atoms with Crippen molar-refractivity contribution in [1.29, 1.82) is 0 Å². The predicted octanol–water partition coefficient (Wildman–Crippen LogP) is 2.29. The Morgan fingerprint density at radius 3 is 2.53 bits per heavy atom. The molecule has 2 nitrogen and oxygen atoms in total. The Morgan fingerprint density at radius 2 is 1.93 bits per heavy atom. The monoisotopic (exact) mass is 206 g/mol. The van der Waals surface area contributed by atoms with Crippen LogP contribution in [0.15, 0.2) is 24.3 Å². The van der Waals surface area contributed by atoms with Crippen LogP contribution in [0.1, 0.15) is 19.4 Å². The third-order valence-electron chi connectivity index (χ3n) is 2.70. The van der Waals surface area contributed by atoms with Gasteiger partial charge in [0, 0.05) is 18.8 Å². The molecule has 0 radical (unpaired) electrons. The topological polar surface area (TPSA) is 15.3 Å². The van der Waals surface area contributed by atoms with Crippen LogP contribution in [0.25, 0.3) is 0 Å². The van der Waals surface area contributed by atoms with Crippen LogP contribution >= 0.6 is 0 Å². The van der Waals surface area contributed by atoms with Crippen LogP contribution in [0.5, 0.6) is 0 Å². The van der Waals surface area contributed by atoms with Crippen molar-refractivity contribution in [2.24, 2.45) is 0 Å². The van der Waals surface area contributed by atoms with Gasteiger partial charge in [-0.15, -0.1) is 0 Å². The highest BCUT2D eigenvalue weighted by molar-refractivity contribution is 5.48. The Morgan fingerprint density at radius 1 is 1.20 bits per heavy atom. The molecule has 0 saturated heterocycles. The number of nitrogens with zero attached hydrogens (tertiary/aromatic N) is 1. The molecule has 1 N–H and O–H groups in total. The highest BCUT2D eigenvalue weighted by Gasteiger charge is 2.01. The van der Waals surface area contributed by atoms with E-state index in [-0.39, 0.29) is 0 Å². The Balaban J connectivity index is 2.72. The van der Waals surface area contributed by atoms with E-state index >= 15 is 0 Å². The lowest BCUT2D eigenvalue weighted by molar-refractivity contribution is 0.790. The molecule has 0 spiro atoms. The molecule has 0 unspecified atom stereocenters. The summed E-state index contributed by atoms with van der Waals surface area (Å²) in [6, 6.07) is 8.84.